The van der Waals surface area contributed by atoms with Crippen LogP contribution in [0.4, 0.5) is 35.0 Å². The molecule has 4 rings (SSSR count). The standard InChI is InChI=1S/C21H21F3N4O4S/c1-12(2)26-16-11-25-9-8-17(16)28-19(30)27(18(29)20(28)10-13(20)3)14-4-6-15(7-5-14)33(31,32)21(22,23)24/h4-9,11-13,26H,10H2,1-3H3. The zero-order valence-corrected chi connectivity index (χ0v) is 18.7. The Morgan fingerprint density at radius 3 is 2.27 bits per heavy atom. The van der Waals surface area contributed by atoms with E-state index in [4.69, 9.17) is 0 Å². The number of urea groups is 1. The minimum atomic E-state index is -5.55. The molecule has 2 aromatic rings. The SMILES string of the molecule is CC(C)Nc1cnccc1N1C(=O)N(c2ccc(S(=O)(=O)C(F)(F)F)cc2)C(=O)C12CC2C. The molecule has 1 saturated heterocycles. The van der Waals surface area contributed by atoms with E-state index in [1.54, 1.807) is 12.3 Å². The second kappa shape index (κ2) is 7.44. The summed E-state index contributed by atoms with van der Waals surface area (Å²) in [4.78, 5) is 32.3. The van der Waals surface area contributed by atoms with Crippen LogP contribution in [0.3, 0.4) is 0 Å². The number of alkyl halides is 3. The summed E-state index contributed by atoms with van der Waals surface area (Å²) >= 11 is 0. The molecule has 2 heterocycles. The van der Waals surface area contributed by atoms with Crippen LogP contribution in [0, 0.1) is 5.92 Å². The summed E-state index contributed by atoms with van der Waals surface area (Å²) < 4.78 is 61.8. The Bertz CT molecular complexity index is 1230. The van der Waals surface area contributed by atoms with Gasteiger partial charge in [-0.05, 0) is 56.5 Å². The lowest BCUT2D eigenvalue weighted by Crippen LogP contribution is -2.39. The molecule has 2 aliphatic rings. The van der Waals surface area contributed by atoms with Crippen LogP contribution in [0.2, 0.25) is 0 Å². The fourth-order valence-corrected chi connectivity index (χ4v) is 4.88. The highest BCUT2D eigenvalue weighted by molar-refractivity contribution is 7.92. The van der Waals surface area contributed by atoms with Gasteiger partial charge in [-0.3, -0.25) is 14.7 Å². The molecule has 1 aliphatic heterocycles. The summed E-state index contributed by atoms with van der Waals surface area (Å²) in [7, 11) is -5.55. The van der Waals surface area contributed by atoms with Gasteiger partial charge in [-0.25, -0.2) is 18.1 Å². The van der Waals surface area contributed by atoms with E-state index in [0.29, 0.717) is 17.8 Å². The second-order valence-electron chi connectivity index (χ2n) is 8.42. The zero-order valence-electron chi connectivity index (χ0n) is 17.9. The minimum Gasteiger partial charge on any atom is -0.380 e. The summed E-state index contributed by atoms with van der Waals surface area (Å²) in [5.41, 5.74) is -5.58. The van der Waals surface area contributed by atoms with E-state index >= 15 is 0 Å². The van der Waals surface area contributed by atoms with Crippen LogP contribution in [0.15, 0.2) is 47.6 Å². The van der Waals surface area contributed by atoms with Gasteiger partial charge in [-0.2, -0.15) is 13.2 Å². The van der Waals surface area contributed by atoms with Crippen molar-refractivity contribution in [3.05, 3.63) is 42.7 Å². The maximum Gasteiger partial charge on any atom is 0.501 e. The molecule has 1 aromatic carbocycles. The number of carbonyl (C=O) groups excluding carboxylic acids is 2. The van der Waals surface area contributed by atoms with E-state index in [1.807, 2.05) is 20.8 Å². The van der Waals surface area contributed by atoms with Gasteiger partial charge in [0.25, 0.3) is 15.7 Å². The van der Waals surface area contributed by atoms with Crippen molar-refractivity contribution in [1.82, 2.24) is 4.98 Å². The first kappa shape index (κ1) is 23.0. The van der Waals surface area contributed by atoms with Gasteiger partial charge in [0.15, 0.2) is 0 Å². The highest BCUT2D eigenvalue weighted by atomic mass is 32.2. The zero-order chi connectivity index (χ0) is 24.3. The number of imide groups is 1. The number of benzene rings is 1. The van der Waals surface area contributed by atoms with E-state index < -0.39 is 37.7 Å². The Labute approximate surface area is 188 Å². The third kappa shape index (κ3) is 3.43. The number of anilines is 3. The molecule has 2 unspecified atom stereocenters. The van der Waals surface area contributed by atoms with Crippen LogP contribution >= 0.6 is 0 Å². The average molecular weight is 482 g/mol. The quantitative estimate of drug-likeness (QED) is 0.648. The summed E-state index contributed by atoms with van der Waals surface area (Å²) in [5, 5.41) is 3.20. The molecule has 176 valence electrons. The van der Waals surface area contributed by atoms with Crippen molar-refractivity contribution < 1.29 is 31.2 Å². The summed E-state index contributed by atoms with van der Waals surface area (Å²) in [6, 6.07) is 4.50. The predicted octanol–water partition coefficient (Wildman–Crippen LogP) is 3.95. The maximum absolute atomic E-state index is 13.5. The number of sulfone groups is 1. The number of nitrogens with one attached hydrogen (secondary N) is 1. The van der Waals surface area contributed by atoms with Crippen LogP contribution in [-0.4, -0.2) is 42.4 Å². The van der Waals surface area contributed by atoms with Gasteiger partial charge >= 0.3 is 11.5 Å². The van der Waals surface area contributed by atoms with Gasteiger partial charge in [0.1, 0.15) is 5.54 Å². The highest BCUT2D eigenvalue weighted by Gasteiger charge is 2.70. The molecule has 1 saturated carbocycles. The molecule has 0 bridgehead atoms. The van der Waals surface area contributed by atoms with Gasteiger partial charge in [0.05, 0.1) is 28.2 Å². The molecular formula is C21H21F3N4O4S. The Balaban J connectivity index is 1.75. The van der Waals surface area contributed by atoms with E-state index in [0.717, 1.165) is 29.2 Å². The first-order valence-corrected chi connectivity index (χ1v) is 11.6. The monoisotopic (exact) mass is 482 g/mol. The Hall–Kier alpha value is -3.15. The molecule has 1 aromatic heterocycles. The molecule has 1 N–H and O–H groups in total. The normalized spacial score (nSPS) is 23.1. The van der Waals surface area contributed by atoms with E-state index in [1.165, 1.54) is 11.1 Å². The molecule has 3 amide bonds. The summed E-state index contributed by atoms with van der Waals surface area (Å²) in [6.07, 6.45) is 3.46. The molecule has 2 fully saturated rings. The van der Waals surface area contributed by atoms with Crippen molar-refractivity contribution >= 4 is 38.8 Å². The van der Waals surface area contributed by atoms with Crippen LogP contribution in [-0.2, 0) is 14.6 Å². The van der Waals surface area contributed by atoms with Crippen LogP contribution in [0.25, 0.3) is 0 Å². The van der Waals surface area contributed by atoms with Crippen molar-refractivity contribution in [2.75, 3.05) is 15.1 Å². The van der Waals surface area contributed by atoms with E-state index in [-0.39, 0.29) is 17.6 Å². The fraction of sp³-hybridized carbons (Fsp3) is 0.381. The van der Waals surface area contributed by atoms with Crippen LogP contribution in [0.1, 0.15) is 27.2 Å². The highest BCUT2D eigenvalue weighted by Crippen LogP contribution is 2.56. The number of hydrogen-bond acceptors (Lipinski definition) is 6. The number of aromatic nitrogens is 1. The van der Waals surface area contributed by atoms with Crippen LogP contribution in [0.5, 0.6) is 0 Å². The first-order valence-electron chi connectivity index (χ1n) is 10.1. The van der Waals surface area contributed by atoms with Gasteiger partial charge in [-0.15, -0.1) is 0 Å². The smallest absolute Gasteiger partial charge is 0.380 e. The Morgan fingerprint density at radius 2 is 1.76 bits per heavy atom. The third-order valence-electron chi connectivity index (χ3n) is 5.82. The number of rotatable bonds is 5. The Kier molecular flexibility index (Phi) is 5.19. The lowest BCUT2D eigenvalue weighted by molar-refractivity contribution is -0.119. The number of pyridine rings is 1. The molecule has 8 nitrogen and oxygen atoms in total. The van der Waals surface area contributed by atoms with Gasteiger partial charge in [0.2, 0.25) is 0 Å². The molecule has 2 atom stereocenters. The Morgan fingerprint density at radius 1 is 1.15 bits per heavy atom. The van der Waals surface area contributed by atoms with E-state index in [2.05, 4.69) is 10.3 Å². The van der Waals surface area contributed by atoms with Crippen molar-refractivity contribution in [1.29, 1.82) is 0 Å². The van der Waals surface area contributed by atoms with Gasteiger partial charge in [-0.1, -0.05) is 6.92 Å². The first-order chi connectivity index (χ1) is 15.3. The predicted molar refractivity (Wildman–Crippen MR) is 115 cm³/mol. The molecule has 12 heteroatoms. The number of hydrogen-bond donors (Lipinski definition) is 1. The molecule has 1 spiro atoms. The topological polar surface area (TPSA) is 99.7 Å². The molecule has 33 heavy (non-hydrogen) atoms. The average Bonchev–Trinajstić information content (AvgIpc) is 3.34. The largest absolute Gasteiger partial charge is 0.501 e. The van der Waals surface area contributed by atoms with Crippen molar-refractivity contribution in [3.8, 4) is 0 Å². The fourth-order valence-electron chi connectivity index (χ4n) is 4.12. The minimum absolute atomic E-state index is 0.0143. The molecule has 0 radical (unpaired) electrons. The number of carbonyl (C=O) groups is 2. The lowest BCUT2D eigenvalue weighted by Gasteiger charge is -2.25. The number of halogens is 3. The summed E-state index contributed by atoms with van der Waals surface area (Å²) in [5.74, 6) is -0.664. The summed E-state index contributed by atoms with van der Waals surface area (Å²) in [6.45, 7) is 5.65. The van der Waals surface area contributed by atoms with Crippen molar-refractivity contribution in [2.45, 2.75) is 49.2 Å². The maximum atomic E-state index is 13.5. The molecule has 1 aliphatic carbocycles. The second-order valence-corrected chi connectivity index (χ2v) is 10.4. The van der Waals surface area contributed by atoms with Gasteiger partial charge < -0.3 is 5.32 Å². The van der Waals surface area contributed by atoms with Gasteiger partial charge in [0, 0.05) is 12.2 Å². The third-order valence-corrected chi connectivity index (χ3v) is 7.32. The molecular weight excluding hydrogens is 461 g/mol. The number of nitrogens with zero attached hydrogens (tertiary/aromatic N) is 3. The number of amides is 3. The van der Waals surface area contributed by atoms with Crippen molar-refractivity contribution in [2.24, 2.45) is 5.92 Å². The van der Waals surface area contributed by atoms with Crippen LogP contribution < -0.4 is 15.1 Å². The van der Waals surface area contributed by atoms with Crippen molar-refractivity contribution in [3.63, 3.8) is 0 Å². The lowest BCUT2D eigenvalue weighted by atomic mass is 10.1. The van der Waals surface area contributed by atoms with E-state index in [9.17, 15) is 31.2 Å².